The second-order valence-electron chi connectivity index (χ2n) is 9.20. The SMILES string of the molecule is CC(Sc1ccc(NC(=O)c2ccc(C(=O)O)cc2C(=O)O)cc1)C(=O)Nc1nc(-c2ccc3ccccc3c2)cs1. The number of hydrogen-bond donors (Lipinski definition) is 4. The second kappa shape index (κ2) is 12.2. The molecule has 0 aliphatic carbocycles. The van der Waals surface area contributed by atoms with Crippen LogP contribution in [-0.4, -0.2) is 44.2 Å². The zero-order valence-electron chi connectivity index (χ0n) is 22.0. The molecule has 0 radical (unpaired) electrons. The molecule has 0 saturated carbocycles. The van der Waals surface area contributed by atoms with E-state index in [1.807, 2.05) is 35.7 Å². The Morgan fingerprint density at radius 1 is 0.810 bits per heavy atom. The van der Waals surface area contributed by atoms with Gasteiger partial charge in [0.2, 0.25) is 5.91 Å². The maximum Gasteiger partial charge on any atom is 0.336 e. The summed E-state index contributed by atoms with van der Waals surface area (Å²) in [4.78, 5) is 53.7. The van der Waals surface area contributed by atoms with Crippen molar-refractivity contribution in [1.29, 1.82) is 0 Å². The van der Waals surface area contributed by atoms with E-state index in [2.05, 4.69) is 27.8 Å². The Morgan fingerprint density at radius 2 is 1.55 bits per heavy atom. The van der Waals surface area contributed by atoms with Crippen LogP contribution in [0, 0.1) is 0 Å². The van der Waals surface area contributed by atoms with Crippen molar-refractivity contribution in [2.75, 3.05) is 10.6 Å². The monoisotopic (exact) mass is 597 g/mol. The quantitative estimate of drug-likeness (QED) is 0.137. The molecule has 210 valence electrons. The van der Waals surface area contributed by atoms with Gasteiger partial charge in [-0.15, -0.1) is 23.1 Å². The summed E-state index contributed by atoms with van der Waals surface area (Å²) in [7, 11) is 0. The molecule has 0 aliphatic heterocycles. The van der Waals surface area contributed by atoms with Crippen LogP contribution in [0.1, 0.15) is 38.0 Å². The first-order chi connectivity index (χ1) is 20.2. The number of amides is 2. The fourth-order valence-corrected chi connectivity index (χ4v) is 5.73. The van der Waals surface area contributed by atoms with E-state index in [-0.39, 0.29) is 17.0 Å². The fraction of sp³-hybridized carbons (Fsp3) is 0.0645. The number of carbonyl (C=O) groups is 4. The van der Waals surface area contributed by atoms with Crippen LogP contribution < -0.4 is 10.6 Å². The summed E-state index contributed by atoms with van der Waals surface area (Å²) in [5, 5.41) is 28.2. The predicted molar refractivity (Wildman–Crippen MR) is 164 cm³/mol. The molecule has 0 aliphatic rings. The zero-order valence-corrected chi connectivity index (χ0v) is 23.7. The van der Waals surface area contributed by atoms with E-state index >= 15 is 0 Å². The molecule has 0 saturated heterocycles. The van der Waals surface area contributed by atoms with Gasteiger partial charge in [-0.3, -0.25) is 9.59 Å². The number of carbonyl (C=O) groups excluding carboxylic acids is 2. The highest BCUT2D eigenvalue weighted by atomic mass is 32.2. The molecule has 1 unspecified atom stereocenters. The number of aromatic nitrogens is 1. The lowest BCUT2D eigenvalue weighted by atomic mass is 10.0. The second-order valence-corrected chi connectivity index (χ2v) is 11.5. The van der Waals surface area contributed by atoms with Crippen LogP contribution in [0.15, 0.2) is 95.2 Å². The Balaban J connectivity index is 1.19. The van der Waals surface area contributed by atoms with E-state index in [0.717, 1.165) is 33.0 Å². The van der Waals surface area contributed by atoms with Crippen LogP contribution in [0.2, 0.25) is 0 Å². The van der Waals surface area contributed by atoms with E-state index in [1.54, 1.807) is 31.2 Å². The first-order valence-corrected chi connectivity index (χ1v) is 14.4. The number of fused-ring (bicyclic) bond motifs is 1. The van der Waals surface area contributed by atoms with Crippen LogP contribution in [0.25, 0.3) is 22.0 Å². The van der Waals surface area contributed by atoms with Crippen LogP contribution >= 0.6 is 23.1 Å². The van der Waals surface area contributed by atoms with Gasteiger partial charge >= 0.3 is 11.9 Å². The minimum Gasteiger partial charge on any atom is -0.478 e. The molecular formula is C31H23N3O6S2. The number of thiazole rings is 1. The average Bonchev–Trinajstić information content (AvgIpc) is 3.45. The number of nitrogens with one attached hydrogen (secondary N) is 2. The van der Waals surface area contributed by atoms with E-state index in [4.69, 9.17) is 5.11 Å². The van der Waals surface area contributed by atoms with Crippen molar-refractivity contribution < 1.29 is 29.4 Å². The van der Waals surface area contributed by atoms with Gasteiger partial charge in [0, 0.05) is 21.5 Å². The Kier molecular flexibility index (Phi) is 8.32. The molecule has 0 fully saturated rings. The van der Waals surface area contributed by atoms with Crippen molar-refractivity contribution >= 4 is 68.4 Å². The molecule has 5 aromatic rings. The predicted octanol–water partition coefficient (Wildman–Crippen LogP) is 6.73. The number of carboxylic acids is 2. The topological polar surface area (TPSA) is 146 Å². The number of aromatic carboxylic acids is 2. The van der Waals surface area contributed by atoms with Gasteiger partial charge in [-0.25, -0.2) is 14.6 Å². The molecule has 2 amide bonds. The van der Waals surface area contributed by atoms with Gasteiger partial charge in [0.05, 0.1) is 27.6 Å². The van der Waals surface area contributed by atoms with Crippen molar-refractivity contribution in [3.8, 4) is 11.3 Å². The van der Waals surface area contributed by atoms with Gasteiger partial charge in [0.15, 0.2) is 5.13 Å². The lowest BCUT2D eigenvalue weighted by Gasteiger charge is -2.12. The standard InChI is InChI=1S/C31H23N3O6S2/c1-17(27(35)34-31-33-26(16-41-31)20-7-6-18-4-2-3-5-19(18)14-20)42-23-11-9-22(10-12-23)32-28(36)24-13-8-21(29(37)38)15-25(24)30(39)40/h2-17H,1H3,(H,32,36)(H,37,38)(H,39,40)(H,33,34,35). The maximum atomic E-state index is 12.9. The van der Waals surface area contributed by atoms with Crippen molar-refractivity contribution in [3.63, 3.8) is 0 Å². The summed E-state index contributed by atoms with van der Waals surface area (Å²) in [6, 6.07) is 24.2. The summed E-state index contributed by atoms with van der Waals surface area (Å²) in [5.41, 5.74) is 1.35. The van der Waals surface area contributed by atoms with Crippen molar-refractivity contribution in [3.05, 3.63) is 107 Å². The summed E-state index contributed by atoms with van der Waals surface area (Å²) in [6.07, 6.45) is 0. The van der Waals surface area contributed by atoms with Gasteiger partial charge in [0.25, 0.3) is 5.91 Å². The van der Waals surface area contributed by atoms with Crippen LogP contribution in [0.5, 0.6) is 0 Å². The van der Waals surface area contributed by atoms with Crippen molar-refractivity contribution in [2.24, 2.45) is 0 Å². The Morgan fingerprint density at radius 3 is 2.26 bits per heavy atom. The number of rotatable bonds is 9. The number of thioether (sulfide) groups is 1. The van der Waals surface area contributed by atoms with E-state index in [9.17, 15) is 24.3 Å². The summed E-state index contributed by atoms with van der Waals surface area (Å²) in [5.74, 6) is -3.60. The molecule has 1 aromatic heterocycles. The third-order valence-corrected chi connectivity index (χ3v) is 8.19. The lowest BCUT2D eigenvalue weighted by Crippen LogP contribution is -2.22. The first kappa shape index (κ1) is 28.5. The first-order valence-electron chi connectivity index (χ1n) is 12.6. The molecule has 5 rings (SSSR count). The molecule has 4 N–H and O–H groups in total. The molecular weight excluding hydrogens is 574 g/mol. The minimum atomic E-state index is -1.41. The molecule has 0 bridgehead atoms. The van der Waals surface area contributed by atoms with Gasteiger partial charge in [0.1, 0.15) is 0 Å². The Hall–Kier alpha value is -5.00. The Labute approximate surface area is 248 Å². The van der Waals surface area contributed by atoms with E-state index in [1.165, 1.54) is 35.2 Å². The number of anilines is 2. The molecule has 0 spiro atoms. The number of benzene rings is 4. The van der Waals surface area contributed by atoms with E-state index in [0.29, 0.717) is 10.8 Å². The van der Waals surface area contributed by atoms with Crippen molar-refractivity contribution in [2.45, 2.75) is 17.1 Å². The van der Waals surface area contributed by atoms with Crippen LogP contribution in [0.3, 0.4) is 0 Å². The highest BCUT2D eigenvalue weighted by molar-refractivity contribution is 8.00. The van der Waals surface area contributed by atoms with Gasteiger partial charge in [-0.2, -0.15) is 0 Å². The van der Waals surface area contributed by atoms with Crippen LogP contribution in [-0.2, 0) is 4.79 Å². The maximum absolute atomic E-state index is 12.9. The molecule has 42 heavy (non-hydrogen) atoms. The molecule has 1 atom stereocenters. The normalized spacial score (nSPS) is 11.5. The summed E-state index contributed by atoms with van der Waals surface area (Å²) < 4.78 is 0. The van der Waals surface area contributed by atoms with Crippen molar-refractivity contribution in [1.82, 2.24) is 4.98 Å². The fourth-order valence-electron chi connectivity index (χ4n) is 4.14. The molecule has 11 heteroatoms. The van der Waals surface area contributed by atoms with Gasteiger partial charge < -0.3 is 20.8 Å². The number of carboxylic acid groups (broad SMARTS) is 2. The summed E-state index contributed by atoms with van der Waals surface area (Å²) in [6.45, 7) is 1.78. The van der Waals surface area contributed by atoms with E-state index < -0.39 is 28.7 Å². The minimum absolute atomic E-state index is 0.165. The molecule has 4 aromatic carbocycles. The third kappa shape index (κ3) is 6.48. The largest absolute Gasteiger partial charge is 0.478 e. The zero-order chi connectivity index (χ0) is 29.8. The average molecular weight is 598 g/mol. The van der Waals surface area contributed by atoms with Crippen LogP contribution in [0.4, 0.5) is 10.8 Å². The van der Waals surface area contributed by atoms with Gasteiger partial charge in [-0.1, -0.05) is 36.4 Å². The highest BCUT2D eigenvalue weighted by Gasteiger charge is 2.20. The summed E-state index contributed by atoms with van der Waals surface area (Å²) >= 11 is 2.68. The molecule has 9 nitrogen and oxygen atoms in total. The Bertz CT molecular complexity index is 1830. The van der Waals surface area contributed by atoms with Gasteiger partial charge in [-0.05, 0) is 66.2 Å². The smallest absolute Gasteiger partial charge is 0.336 e. The lowest BCUT2D eigenvalue weighted by molar-refractivity contribution is -0.115. The number of nitrogens with zero attached hydrogens (tertiary/aromatic N) is 1. The molecule has 1 heterocycles. The highest BCUT2D eigenvalue weighted by Crippen LogP contribution is 2.30. The number of hydrogen-bond acceptors (Lipinski definition) is 7. The third-order valence-electron chi connectivity index (χ3n) is 6.32.